The molecule has 0 aliphatic heterocycles. The first-order valence-corrected chi connectivity index (χ1v) is 8.92. The molecule has 1 heterocycles. The molecule has 0 aliphatic carbocycles. The van der Waals surface area contributed by atoms with Gasteiger partial charge in [-0.3, -0.25) is 4.79 Å². The van der Waals surface area contributed by atoms with Gasteiger partial charge in [0.25, 0.3) is 0 Å². The van der Waals surface area contributed by atoms with Gasteiger partial charge < -0.3 is 9.88 Å². The number of rotatable bonds is 7. The zero-order valence-electron chi connectivity index (χ0n) is 14.2. The van der Waals surface area contributed by atoms with Gasteiger partial charge in [0, 0.05) is 18.7 Å². The molecule has 1 amide bonds. The summed E-state index contributed by atoms with van der Waals surface area (Å²) in [5.41, 5.74) is 2.24. The fourth-order valence-electron chi connectivity index (χ4n) is 2.29. The third-order valence-electron chi connectivity index (χ3n) is 3.83. The van der Waals surface area contributed by atoms with Crippen molar-refractivity contribution >= 4 is 17.7 Å². The van der Waals surface area contributed by atoms with Gasteiger partial charge in [0.2, 0.25) is 5.91 Å². The van der Waals surface area contributed by atoms with Crippen LogP contribution in [0.4, 0.5) is 0 Å². The molecule has 0 aliphatic rings. The Labute approximate surface area is 141 Å². The van der Waals surface area contributed by atoms with Crippen LogP contribution in [0.5, 0.6) is 0 Å². The molecular formula is C17H24N4OS. The number of benzene rings is 1. The lowest BCUT2D eigenvalue weighted by Gasteiger charge is -2.14. The van der Waals surface area contributed by atoms with Gasteiger partial charge in [-0.15, -0.1) is 10.2 Å². The maximum Gasteiger partial charge on any atom is 0.230 e. The second-order valence-electron chi connectivity index (χ2n) is 5.60. The van der Waals surface area contributed by atoms with Gasteiger partial charge in [0.15, 0.2) is 11.0 Å². The Kier molecular flexibility index (Phi) is 6.21. The van der Waals surface area contributed by atoms with Crippen molar-refractivity contribution in [3.8, 4) is 11.4 Å². The number of thioether (sulfide) groups is 1. The van der Waals surface area contributed by atoms with Crippen LogP contribution >= 0.6 is 11.8 Å². The van der Waals surface area contributed by atoms with E-state index in [4.69, 9.17) is 0 Å². The first-order valence-electron chi connectivity index (χ1n) is 7.93. The number of nitrogens with zero attached hydrogens (tertiary/aromatic N) is 3. The number of aromatic nitrogens is 3. The van der Waals surface area contributed by atoms with E-state index in [1.165, 1.54) is 17.3 Å². The molecule has 0 radical (unpaired) electrons. The van der Waals surface area contributed by atoms with Crippen LogP contribution in [0.3, 0.4) is 0 Å². The van der Waals surface area contributed by atoms with Crippen molar-refractivity contribution < 1.29 is 4.79 Å². The Morgan fingerprint density at radius 1 is 1.22 bits per heavy atom. The molecule has 0 fully saturated rings. The molecular weight excluding hydrogens is 308 g/mol. The second-order valence-corrected chi connectivity index (χ2v) is 6.54. The standard InChI is InChI=1S/C17H24N4OS/c1-5-14(6-2)18-15(22)11-23-17-20-19-16(21(17)4)13-9-7-12(3)8-10-13/h7-10,14H,5-6,11H2,1-4H3,(H,18,22). The Morgan fingerprint density at radius 2 is 1.87 bits per heavy atom. The average Bonchev–Trinajstić information content (AvgIpc) is 2.92. The zero-order valence-corrected chi connectivity index (χ0v) is 15.0. The maximum atomic E-state index is 12.0. The van der Waals surface area contributed by atoms with Crippen molar-refractivity contribution in [2.45, 2.75) is 44.8 Å². The van der Waals surface area contributed by atoms with Crippen LogP contribution in [-0.4, -0.2) is 32.5 Å². The van der Waals surface area contributed by atoms with Gasteiger partial charge in [-0.05, 0) is 19.8 Å². The van der Waals surface area contributed by atoms with Crippen molar-refractivity contribution in [3.63, 3.8) is 0 Å². The minimum Gasteiger partial charge on any atom is -0.353 e. The van der Waals surface area contributed by atoms with E-state index < -0.39 is 0 Å². The number of carbonyl (C=O) groups is 1. The summed E-state index contributed by atoms with van der Waals surface area (Å²) in [5, 5.41) is 12.2. The fourth-order valence-corrected chi connectivity index (χ4v) is 3.01. The summed E-state index contributed by atoms with van der Waals surface area (Å²) in [5.74, 6) is 1.22. The molecule has 2 aromatic rings. The van der Waals surface area contributed by atoms with E-state index in [0.717, 1.165) is 29.4 Å². The van der Waals surface area contributed by atoms with E-state index in [9.17, 15) is 4.79 Å². The van der Waals surface area contributed by atoms with E-state index in [1.54, 1.807) is 0 Å². The van der Waals surface area contributed by atoms with Gasteiger partial charge in [0.05, 0.1) is 5.75 Å². The van der Waals surface area contributed by atoms with Crippen LogP contribution in [0.15, 0.2) is 29.4 Å². The minimum absolute atomic E-state index is 0.0450. The van der Waals surface area contributed by atoms with Crippen LogP contribution in [0.25, 0.3) is 11.4 Å². The number of hydrogen-bond acceptors (Lipinski definition) is 4. The molecule has 0 saturated carbocycles. The van der Waals surface area contributed by atoms with Crippen LogP contribution in [0.2, 0.25) is 0 Å². The predicted octanol–water partition coefficient (Wildman–Crippen LogP) is 3.19. The molecule has 1 aromatic carbocycles. The molecule has 2 rings (SSSR count). The van der Waals surface area contributed by atoms with E-state index in [2.05, 4.69) is 48.4 Å². The van der Waals surface area contributed by atoms with E-state index in [0.29, 0.717) is 5.75 Å². The summed E-state index contributed by atoms with van der Waals surface area (Å²) in [4.78, 5) is 12.0. The molecule has 1 N–H and O–H groups in total. The summed E-state index contributed by atoms with van der Waals surface area (Å²) < 4.78 is 1.93. The predicted molar refractivity (Wildman–Crippen MR) is 94.4 cm³/mol. The van der Waals surface area contributed by atoms with Crippen molar-refractivity contribution in [1.82, 2.24) is 20.1 Å². The van der Waals surface area contributed by atoms with E-state index in [-0.39, 0.29) is 11.9 Å². The van der Waals surface area contributed by atoms with Crippen molar-refractivity contribution in [2.24, 2.45) is 7.05 Å². The molecule has 0 bridgehead atoms. The van der Waals surface area contributed by atoms with Crippen LogP contribution < -0.4 is 5.32 Å². The molecule has 23 heavy (non-hydrogen) atoms. The first-order chi connectivity index (χ1) is 11.0. The number of amides is 1. The Morgan fingerprint density at radius 3 is 2.48 bits per heavy atom. The molecule has 5 nitrogen and oxygen atoms in total. The van der Waals surface area contributed by atoms with Crippen LogP contribution in [-0.2, 0) is 11.8 Å². The summed E-state index contributed by atoms with van der Waals surface area (Å²) in [7, 11) is 1.93. The molecule has 0 saturated heterocycles. The fraction of sp³-hybridized carbons (Fsp3) is 0.471. The Hall–Kier alpha value is -1.82. The van der Waals surface area contributed by atoms with Crippen LogP contribution in [0, 0.1) is 6.92 Å². The first kappa shape index (κ1) is 17.5. The molecule has 6 heteroatoms. The number of nitrogens with one attached hydrogen (secondary N) is 1. The van der Waals surface area contributed by atoms with Gasteiger partial charge in [-0.1, -0.05) is 55.4 Å². The highest BCUT2D eigenvalue weighted by Crippen LogP contribution is 2.22. The third-order valence-corrected chi connectivity index (χ3v) is 4.85. The topological polar surface area (TPSA) is 59.8 Å². The largest absolute Gasteiger partial charge is 0.353 e. The quantitative estimate of drug-likeness (QED) is 0.791. The molecule has 0 spiro atoms. The number of aryl methyl sites for hydroxylation is 1. The molecule has 0 atom stereocenters. The minimum atomic E-state index is 0.0450. The second kappa shape index (κ2) is 8.15. The summed E-state index contributed by atoms with van der Waals surface area (Å²) >= 11 is 1.41. The highest BCUT2D eigenvalue weighted by molar-refractivity contribution is 7.99. The zero-order chi connectivity index (χ0) is 16.8. The average molecular weight is 332 g/mol. The molecule has 1 aromatic heterocycles. The van der Waals surface area contributed by atoms with E-state index >= 15 is 0 Å². The lowest BCUT2D eigenvalue weighted by Crippen LogP contribution is -2.35. The highest BCUT2D eigenvalue weighted by atomic mass is 32.2. The summed E-state index contributed by atoms with van der Waals surface area (Å²) in [6, 6.07) is 8.44. The highest BCUT2D eigenvalue weighted by Gasteiger charge is 2.14. The van der Waals surface area contributed by atoms with E-state index in [1.807, 2.05) is 23.7 Å². The van der Waals surface area contributed by atoms with Crippen LogP contribution in [0.1, 0.15) is 32.3 Å². The smallest absolute Gasteiger partial charge is 0.230 e. The summed E-state index contributed by atoms with van der Waals surface area (Å²) in [6.45, 7) is 6.22. The molecule has 124 valence electrons. The SMILES string of the molecule is CCC(CC)NC(=O)CSc1nnc(-c2ccc(C)cc2)n1C. The number of carbonyl (C=O) groups excluding carboxylic acids is 1. The third kappa shape index (κ3) is 4.58. The molecule has 0 unspecified atom stereocenters. The van der Waals surface area contributed by atoms with Crippen molar-refractivity contribution in [1.29, 1.82) is 0 Å². The lowest BCUT2D eigenvalue weighted by molar-refractivity contribution is -0.119. The summed E-state index contributed by atoms with van der Waals surface area (Å²) in [6.07, 6.45) is 1.91. The normalized spacial score (nSPS) is 11.0. The monoisotopic (exact) mass is 332 g/mol. The van der Waals surface area contributed by atoms with Gasteiger partial charge in [0.1, 0.15) is 0 Å². The van der Waals surface area contributed by atoms with Crippen molar-refractivity contribution in [3.05, 3.63) is 29.8 Å². The Bertz CT molecular complexity index is 647. The van der Waals surface area contributed by atoms with Gasteiger partial charge in [-0.25, -0.2) is 0 Å². The van der Waals surface area contributed by atoms with Gasteiger partial charge >= 0.3 is 0 Å². The number of hydrogen-bond donors (Lipinski definition) is 1. The van der Waals surface area contributed by atoms with Crippen molar-refractivity contribution in [2.75, 3.05) is 5.75 Å². The maximum absolute atomic E-state index is 12.0. The van der Waals surface area contributed by atoms with Gasteiger partial charge in [-0.2, -0.15) is 0 Å². The Balaban J connectivity index is 2.00. The lowest BCUT2D eigenvalue weighted by atomic mass is 10.1.